The number of aromatic nitrogens is 6. The molecule has 0 amide bonds. The van der Waals surface area contributed by atoms with Gasteiger partial charge in [0.2, 0.25) is 5.95 Å². The lowest BCUT2D eigenvalue weighted by Gasteiger charge is -2.17. The zero-order valence-electron chi connectivity index (χ0n) is 19.9. The molecular formula is C25H17ClF2N8O2. The van der Waals surface area contributed by atoms with Gasteiger partial charge in [-0.05, 0) is 48.4 Å². The summed E-state index contributed by atoms with van der Waals surface area (Å²) in [7, 11) is 1.74. The van der Waals surface area contributed by atoms with E-state index in [2.05, 4.69) is 20.4 Å². The first-order valence-corrected chi connectivity index (χ1v) is 11.5. The number of fused-ring (bicyclic) bond motifs is 1. The molecular weight excluding hydrogens is 518 g/mol. The summed E-state index contributed by atoms with van der Waals surface area (Å²) in [6, 6.07) is 8.19. The molecule has 0 saturated carbocycles. The van der Waals surface area contributed by atoms with E-state index in [1.54, 1.807) is 55.3 Å². The maximum Gasteiger partial charge on any atom is 0.359 e. The fourth-order valence-corrected chi connectivity index (χ4v) is 4.20. The number of anilines is 2. The molecule has 13 heteroatoms. The summed E-state index contributed by atoms with van der Waals surface area (Å²) in [5.74, 6) is -2.63. The van der Waals surface area contributed by atoms with Crippen molar-refractivity contribution in [2.24, 2.45) is 7.05 Å². The molecule has 0 aliphatic carbocycles. The lowest BCUT2D eigenvalue weighted by Crippen LogP contribution is -2.42. The Kier molecular flexibility index (Phi) is 6.22. The molecule has 10 nitrogen and oxygen atoms in total. The normalized spacial score (nSPS) is 11.1. The number of benzene rings is 2. The van der Waals surface area contributed by atoms with Crippen LogP contribution in [-0.4, -0.2) is 28.9 Å². The molecule has 38 heavy (non-hydrogen) atoms. The van der Waals surface area contributed by atoms with Gasteiger partial charge in [-0.2, -0.15) is 15.3 Å². The fraction of sp³-hybridized carbons (Fsp3) is 0.120. The van der Waals surface area contributed by atoms with Gasteiger partial charge in [-0.25, -0.2) is 22.9 Å². The minimum atomic E-state index is -1.21. The van der Waals surface area contributed by atoms with Crippen LogP contribution in [0.1, 0.15) is 16.7 Å². The molecule has 5 rings (SSSR count). The van der Waals surface area contributed by atoms with Gasteiger partial charge in [-0.3, -0.25) is 14.2 Å². The van der Waals surface area contributed by atoms with Crippen LogP contribution in [0.4, 0.5) is 20.4 Å². The molecule has 5 aromatic rings. The number of nitrogens with one attached hydrogen (secondary N) is 1. The van der Waals surface area contributed by atoms with Crippen molar-refractivity contribution in [3.63, 3.8) is 0 Å². The molecule has 2 aromatic carbocycles. The van der Waals surface area contributed by atoms with Crippen LogP contribution in [0.5, 0.6) is 0 Å². The maximum absolute atomic E-state index is 14.1. The molecule has 3 heterocycles. The van der Waals surface area contributed by atoms with E-state index in [9.17, 15) is 23.6 Å². The van der Waals surface area contributed by atoms with E-state index >= 15 is 0 Å². The minimum absolute atomic E-state index is 0.000255. The average Bonchev–Trinajstić information content (AvgIpc) is 3.22. The number of hydrogen-bond donors (Lipinski definition) is 1. The third-order valence-electron chi connectivity index (χ3n) is 5.74. The Morgan fingerprint density at radius 2 is 1.87 bits per heavy atom. The molecule has 0 saturated heterocycles. The minimum Gasteiger partial charge on any atom is -0.324 e. The Morgan fingerprint density at radius 3 is 2.61 bits per heavy atom. The summed E-state index contributed by atoms with van der Waals surface area (Å²) in [6.45, 7) is 1.32. The van der Waals surface area contributed by atoms with Crippen molar-refractivity contribution in [2.45, 2.75) is 13.5 Å². The van der Waals surface area contributed by atoms with Crippen LogP contribution >= 0.6 is 11.6 Å². The summed E-state index contributed by atoms with van der Waals surface area (Å²) < 4.78 is 31.3. The van der Waals surface area contributed by atoms with Crippen LogP contribution in [0, 0.1) is 29.9 Å². The van der Waals surface area contributed by atoms with Crippen molar-refractivity contribution in [1.29, 1.82) is 5.26 Å². The molecule has 0 bridgehead atoms. The van der Waals surface area contributed by atoms with E-state index in [0.29, 0.717) is 16.8 Å². The topological polar surface area (TPSA) is 123 Å². The molecule has 1 N–H and O–H groups in total. The van der Waals surface area contributed by atoms with Gasteiger partial charge in [-0.15, -0.1) is 0 Å². The Bertz CT molecular complexity index is 1910. The van der Waals surface area contributed by atoms with Gasteiger partial charge in [0.05, 0.1) is 46.3 Å². The van der Waals surface area contributed by atoms with Crippen LogP contribution in [0.3, 0.4) is 0 Å². The lowest BCUT2D eigenvalue weighted by molar-refractivity contribution is 0.505. The SMILES string of the molecule is Cc1cncc(-n2c(=O)nc(Nc3cc4cn(C)nc4cc3Cl)n(Cc3cc(F)c(F)cc3C#N)c2=O)c1. The van der Waals surface area contributed by atoms with Crippen LogP contribution in [-0.2, 0) is 13.6 Å². The Balaban J connectivity index is 1.72. The highest BCUT2D eigenvalue weighted by Crippen LogP contribution is 2.29. The first-order valence-electron chi connectivity index (χ1n) is 11.1. The van der Waals surface area contributed by atoms with Gasteiger partial charge in [0.25, 0.3) is 0 Å². The number of aryl methyl sites for hydroxylation is 2. The second-order valence-corrected chi connectivity index (χ2v) is 8.90. The number of nitriles is 1. The number of hydrogen-bond acceptors (Lipinski definition) is 7. The summed E-state index contributed by atoms with van der Waals surface area (Å²) in [5.41, 5.74) is -0.173. The van der Waals surface area contributed by atoms with Crippen molar-refractivity contribution < 1.29 is 8.78 Å². The lowest BCUT2D eigenvalue weighted by atomic mass is 10.1. The predicted molar refractivity (Wildman–Crippen MR) is 136 cm³/mol. The second-order valence-electron chi connectivity index (χ2n) is 8.50. The van der Waals surface area contributed by atoms with Gasteiger partial charge in [-0.1, -0.05) is 11.6 Å². The van der Waals surface area contributed by atoms with Gasteiger partial charge in [0, 0.05) is 24.8 Å². The molecule has 0 aliphatic heterocycles. The van der Waals surface area contributed by atoms with Crippen LogP contribution in [0.25, 0.3) is 16.6 Å². The van der Waals surface area contributed by atoms with E-state index in [-0.39, 0.29) is 27.8 Å². The molecule has 0 aliphatic rings. The van der Waals surface area contributed by atoms with Gasteiger partial charge >= 0.3 is 11.4 Å². The van der Waals surface area contributed by atoms with Gasteiger partial charge < -0.3 is 5.32 Å². The molecule has 0 fully saturated rings. The molecule has 0 spiro atoms. The number of halogens is 3. The zero-order chi connectivity index (χ0) is 27.1. The predicted octanol–water partition coefficient (Wildman–Crippen LogP) is 3.58. The summed E-state index contributed by atoms with van der Waals surface area (Å²) in [5, 5.41) is 17.6. The van der Waals surface area contributed by atoms with Crippen LogP contribution < -0.4 is 16.7 Å². The monoisotopic (exact) mass is 534 g/mol. The number of nitrogens with zero attached hydrogens (tertiary/aromatic N) is 7. The highest BCUT2D eigenvalue weighted by Gasteiger charge is 2.19. The average molecular weight is 535 g/mol. The standard InChI is InChI=1S/C25H17ClF2N8O2/c1-13-3-17(10-30-9-13)36-24(37)32-23(31-22-6-16-11-34(2)33-21(16)7-18(22)26)35(25(36)38)12-15-5-20(28)19(27)4-14(15)8-29/h3-7,9-11H,12H2,1-2H3,(H,31,32,37). The third kappa shape index (κ3) is 4.51. The smallest absolute Gasteiger partial charge is 0.324 e. The van der Waals surface area contributed by atoms with E-state index in [1.807, 2.05) is 0 Å². The zero-order valence-corrected chi connectivity index (χ0v) is 20.7. The van der Waals surface area contributed by atoms with Crippen molar-refractivity contribution in [2.75, 3.05) is 5.32 Å². The first-order chi connectivity index (χ1) is 18.1. The Labute approximate surface area is 218 Å². The summed E-state index contributed by atoms with van der Waals surface area (Å²) in [4.78, 5) is 34.8. The van der Waals surface area contributed by atoms with Crippen molar-refractivity contribution in [1.82, 2.24) is 28.9 Å². The van der Waals surface area contributed by atoms with Crippen molar-refractivity contribution in [3.8, 4) is 11.8 Å². The second kappa shape index (κ2) is 9.53. The molecule has 3 aromatic heterocycles. The quantitative estimate of drug-likeness (QED) is 0.365. The van der Waals surface area contributed by atoms with E-state index in [0.717, 1.165) is 26.7 Å². The first kappa shape index (κ1) is 24.8. The number of rotatable bonds is 5. The Hall–Kier alpha value is -4.89. The molecule has 0 atom stereocenters. The Morgan fingerprint density at radius 1 is 1.11 bits per heavy atom. The fourth-order valence-electron chi connectivity index (χ4n) is 3.99. The van der Waals surface area contributed by atoms with Crippen LogP contribution in [0.2, 0.25) is 5.02 Å². The maximum atomic E-state index is 14.1. The third-order valence-corrected chi connectivity index (χ3v) is 6.05. The molecule has 0 radical (unpaired) electrons. The van der Waals surface area contributed by atoms with Crippen molar-refractivity contribution in [3.05, 3.63) is 103 Å². The van der Waals surface area contributed by atoms with E-state index < -0.39 is 29.6 Å². The summed E-state index contributed by atoms with van der Waals surface area (Å²) in [6.07, 6.45) is 4.62. The highest BCUT2D eigenvalue weighted by atomic mass is 35.5. The van der Waals surface area contributed by atoms with E-state index in [4.69, 9.17) is 11.6 Å². The molecule has 0 unspecified atom stereocenters. The van der Waals surface area contributed by atoms with Crippen molar-refractivity contribution >= 4 is 34.1 Å². The molecule has 190 valence electrons. The van der Waals surface area contributed by atoms with Gasteiger partial charge in [0.1, 0.15) is 0 Å². The summed E-state index contributed by atoms with van der Waals surface area (Å²) >= 11 is 6.43. The highest BCUT2D eigenvalue weighted by molar-refractivity contribution is 6.34. The largest absolute Gasteiger partial charge is 0.359 e. The van der Waals surface area contributed by atoms with Crippen LogP contribution in [0.15, 0.2) is 58.5 Å². The van der Waals surface area contributed by atoms with E-state index in [1.165, 1.54) is 6.20 Å². The van der Waals surface area contributed by atoms with Gasteiger partial charge in [0.15, 0.2) is 11.6 Å². The number of pyridine rings is 1.